The lowest BCUT2D eigenvalue weighted by atomic mass is 9.99. The second-order valence-corrected chi connectivity index (χ2v) is 7.33. The number of carbonyl (C=O) groups is 3. The number of amides is 4. The van der Waals surface area contributed by atoms with Crippen molar-refractivity contribution in [3.05, 3.63) is 58.4 Å². The van der Waals surface area contributed by atoms with Gasteiger partial charge in [0.05, 0.1) is 19.3 Å². The van der Waals surface area contributed by atoms with E-state index < -0.39 is 17.5 Å². The summed E-state index contributed by atoms with van der Waals surface area (Å²) in [5.74, 6) is 5.60. The average molecular weight is 404 g/mol. The third kappa shape index (κ3) is 3.35. The number of fused-ring (bicyclic) bond motifs is 1. The number of nitrogens with one attached hydrogen (secondary N) is 2. The maximum Gasteiger partial charge on any atom is 0.323 e. The molecule has 4 rings (SSSR count). The van der Waals surface area contributed by atoms with Crippen molar-refractivity contribution >= 4 is 17.8 Å². The van der Waals surface area contributed by atoms with Gasteiger partial charge in [-0.25, -0.2) is 4.79 Å². The monoisotopic (exact) mass is 404 g/mol. The Morgan fingerprint density at radius 1 is 1.20 bits per heavy atom. The lowest BCUT2D eigenvalue weighted by Crippen LogP contribution is -2.54. The van der Waals surface area contributed by atoms with Crippen molar-refractivity contribution in [2.75, 3.05) is 13.7 Å². The molecular formula is C22H20N4O4. The number of nitrogens with zero attached hydrogens (tertiary/aromatic N) is 2. The number of rotatable bonds is 3. The molecule has 1 atom stereocenters. The number of methoxy groups -OCH3 is 1. The van der Waals surface area contributed by atoms with Gasteiger partial charge < -0.3 is 15.0 Å². The molecule has 3 heterocycles. The summed E-state index contributed by atoms with van der Waals surface area (Å²) in [6.07, 6.45) is 0. The Hall–Kier alpha value is -3.86. The quantitative estimate of drug-likeness (QED) is 0.593. The molecular weight excluding hydrogens is 384 g/mol. The van der Waals surface area contributed by atoms with Crippen LogP contribution < -0.4 is 15.4 Å². The molecule has 1 fully saturated rings. The third-order valence-electron chi connectivity index (χ3n) is 5.20. The van der Waals surface area contributed by atoms with Gasteiger partial charge in [-0.1, -0.05) is 17.9 Å². The Morgan fingerprint density at radius 3 is 2.67 bits per heavy atom. The van der Waals surface area contributed by atoms with Crippen molar-refractivity contribution in [3.8, 4) is 17.6 Å². The molecule has 2 aliphatic rings. The fraction of sp³-hybridized carbons (Fsp3) is 0.273. The molecule has 2 N–H and O–H groups in total. The van der Waals surface area contributed by atoms with Gasteiger partial charge in [0, 0.05) is 23.4 Å². The summed E-state index contributed by atoms with van der Waals surface area (Å²) in [6.45, 7) is 3.94. The smallest absolute Gasteiger partial charge is 0.323 e. The Kier molecular flexibility index (Phi) is 4.66. The molecule has 1 aromatic carbocycles. The Morgan fingerprint density at radius 2 is 2.00 bits per heavy atom. The van der Waals surface area contributed by atoms with Gasteiger partial charge in [-0.3, -0.25) is 19.9 Å². The summed E-state index contributed by atoms with van der Waals surface area (Å²) < 4.78 is 5.19. The fourth-order valence-corrected chi connectivity index (χ4v) is 3.60. The molecule has 8 heteroatoms. The highest BCUT2D eigenvalue weighted by Crippen LogP contribution is 2.28. The molecule has 0 radical (unpaired) electrons. The van der Waals surface area contributed by atoms with Gasteiger partial charge in [-0.05, 0) is 43.7 Å². The van der Waals surface area contributed by atoms with E-state index in [1.807, 2.05) is 32.0 Å². The standard InChI is InChI=1S/C22H20N4O4/c1-13-4-5-15(14(2)23-13)8-9-22(20(28)24-21(29)25-22)12-26-11-16-6-7-17(30-3)10-18(16)19(26)27/h4-7,10H,11-12H2,1-3H3,(H2,24,25,28,29)/t22-/m1/s1. The van der Waals surface area contributed by atoms with Crippen LogP contribution in [0.25, 0.3) is 0 Å². The molecule has 152 valence electrons. The number of benzene rings is 1. The summed E-state index contributed by atoms with van der Waals surface area (Å²) in [5, 5.41) is 4.83. The minimum absolute atomic E-state index is 0.0776. The van der Waals surface area contributed by atoms with Crippen LogP contribution in [-0.4, -0.2) is 46.9 Å². The molecule has 8 nitrogen and oxygen atoms in total. The highest BCUT2D eigenvalue weighted by molar-refractivity contribution is 6.10. The zero-order valence-electron chi connectivity index (χ0n) is 16.8. The zero-order valence-corrected chi connectivity index (χ0v) is 16.8. The van der Waals surface area contributed by atoms with Gasteiger partial charge in [-0.2, -0.15) is 0 Å². The average Bonchev–Trinajstić information content (AvgIpc) is 3.16. The van der Waals surface area contributed by atoms with Gasteiger partial charge in [0.1, 0.15) is 5.75 Å². The Labute approximate surface area is 173 Å². The molecule has 0 aliphatic carbocycles. The van der Waals surface area contributed by atoms with E-state index in [2.05, 4.69) is 27.5 Å². The number of aromatic nitrogens is 1. The second-order valence-electron chi connectivity index (χ2n) is 7.33. The van der Waals surface area contributed by atoms with E-state index in [1.54, 1.807) is 12.1 Å². The molecule has 0 spiro atoms. The van der Waals surface area contributed by atoms with Crippen LogP contribution in [0.4, 0.5) is 4.79 Å². The molecule has 0 bridgehead atoms. The normalized spacial score (nSPS) is 19.7. The van der Waals surface area contributed by atoms with Crippen LogP contribution in [0.15, 0.2) is 30.3 Å². The Bertz CT molecular complexity index is 1150. The van der Waals surface area contributed by atoms with Crippen molar-refractivity contribution in [2.45, 2.75) is 25.9 Å². The van der Waals surface area contributed by atoms with Crippen LogP contribution >= 0.6 is 0 Å². The second kappa shape index (κ2) is 7.19. The van der Waals surface area contributed by atoms with E-state index in [4.69, 9.17) is 4.74 Å². The minimum Gasteiger partial charge on any atom is -0.497 e. The predicted octanol–water partition coefficient (Wildman–Crippen LogP) is 1.29. The third-order valence-corrected chi connectivity index (χ3v) is 5.20. The summed E-state index contributed by atoms with van der Waals surface area (Å²) >= 11 is 0. The highest BCUT2D eigenvalue weighted by atomic mass is 16.5. The summed E-state index contributed by atoms with van der Waals surface area (Å²) in [7, 11) is 1.53. The largest absolute Gasteiger partial charge is 0.497 e. The summed E-state index contributed by atoms with van der Waals surface area (Å²) in [6, 6.07) is 8.27. The molecule has 2 aromatic rings. The highest BCUT2D eigenvalue weighted by Gasteiger charge is 2.48. The van der Waals surface area contributed by atoms with Crippen molar-refractivity contribution in [3.63, 3.8) is 0 Å². The molecule has 1 aromatic heterocycles. The molecule has 1 saturated heterocycles. The minimum atomic E-state index is -1.55. The number of ether oxygens (including phenoxy) is 1. The van der Waals surface area contributed by atoms with Crippen LogP contribution in [-0.2, 0) is 11.3 Å². The number of carbonyl (C=O) groups excluding carboxylic acids is 3. The molecule has 0 saturated carbocycles. The number of imide groups is 1. The van der Waals surface area contributed by atoms with E-state index in [1.165, 1.54) is 12.0 Å². The summed E-state index contributed by atoms with van der Waals surface area (Å²) in [5.41, 5.74) is 2.02. The predicted molar refractivity (Wildman–Crippen MR) is 108 cm³/mol. The van der Waals surface area contributed by atoms with Gasteiger partial charge in [-0.15, -0.1) is 0 Å². The van der Waals surface area contributed by atoms with E-state index >= 15 is 0 Å². The number of pyridine rings is 1. The first-order valence-electron chi connectivity index (χ1n) is 9.38. The lowest BCUT2D eigenvalue weighted by Gasteiger charge is -2.26. The number of urea groups is 1. The van der Waals surface area contributed by atoms with Crippen molar-refractivity contribution in [1.82, 2.24) is 20.5 Å². The topological polar surface area (TPSA) is 101 Å². The van der Waals surface area contributed by atoms with Crippen LogP contribution in [0.1, 0.15) is 32.9 Å². The lowest BCUT2D eigenvalue weighted by molar-refractivity contribution is -0.122. The van der Waals surface area contributed by atoms with Crippen molar-refractivity contribution in [2.24, 2.45) is 0 Å². The van der Waals surface area contributed by atoms with Crippen molar-refractivity contribution < 1.29 is 19.1 Å². The zero-order chi connectivity index (χ0) is 21.5. The Balaban J connectivity index is 1.66. The van der Waals surface area contributed by atoms with E-state index in [0.717, 1.165) is 17.0 Å². The SMILES string of the molecule is COc1ccc2c(c1)C(=O)N(C[C@@]1(C#Cc3ccc(C)nc3C)NC(=O)NC1=O)C2. The first kappa shape index (κ1) is 19.5. The van der Waals surface area contributed by atoms with Crippen LogP contribution in [0, 0.1) is 25.7 Å². The number of hydrogen-bond acceptors (Lipinski definition) is 5. The van der Waals surface area contributed by atoms with Crippen LogP contribution in [0.5, 0.6) is 5.75 Å². The first-order valence-corrected chi connectivity index (χ1v) is 9.38. The van der Waals surface area contributed by atoms with Crippen LogP contribution in [0.3, 0.4) is 0 Å². The maximum absolute atomic E-state index is 12.9. The first-order chi connectivity index (χ1) is 14.3. The van der Waals surface area contributed by atoms with Crippen LogP contribution in [0.2, 0.25) is 0 Å². The fourth-order valence-electron chi connectivity index (χ4n) is 3.60. The number of aryl methyl sites for hydroxylation is 2. The molecule has 30 heavy (non-hydrogen) atoms. The van der Waals surface area contributed by atoms with E-state index in [0.29, 0.717) is 23.4 Å². The van der Waals surface area contributed by atoms with E-state index in [9.17, 15) is 14.4 Å². The molecule has 4 amide bonds. The van der Waals surface area contributed by atoms with Gasteiger partial charge >= 0.3 is 6.03 Å². The van der Waals surface area contributed by atoms with Crippen molar-refractivity contribution in [1.29, 1.82) is 0 Å². The maximum atomic E-state index is 12.9. The van der Waals surface area contributed by atoms with Gasteiger partial charge in [0.15, 0.2) is 0 Å². The number of hydrogen-bond donors (Lipinski definition) is 2. The van der Waals surface area contributed by atoms with Gasteiger partial charge in [0.2, 0.25) is 5.54 Å². The molecule has 0 unspecified atom stereocenters. The van der Waals surface area contributed by atoms with Gasteiger partial charge in [0.25, 0.3) is 11.8 Å². The summed E-state index contributed by atoms with van der Waals surface area (Å²) in [4.78, 5) is 43.4. The van der Waals surface area contributed by atoms with E-state index in [-0.39, 0.29) is 12.5 Å². The molecule has 2 aliphatic heterocycles.